The molecule has 2 nitrogen and oxygen atoms in total. The summed E-state index contributed by atoms with van der Waals surface area (Å²) in [4.78, 5) is 11.5. The fourth-order valence-electron chi connectivity index (χ4n) is 1.58. The van der Waals surface area contributed by atoms with Gasteiger partial charge < -0.3 is 4.74 Å². The van der Waals surface area contributed by atoms with Gasteiger partial charge in [-0.15, -0.1) is 0 Å². The molecule has 0 aliphatic heterocycles. The van der Waals surface area contributed by atoms with Crippen molar-refractivity contribution in [2.75, 3.05) is 6.61 Å². The van der Waals surface area contributed by atoms with E-state index in [2.05, 4.69) is 29.8 Å². The topological polar surface area (TPSA) is 26.3 Å². The monoisotopic (exact) mass is 298 g/mol. The average Bonchev–Trinajstić information content (AvgIpc) is 2.25. The zero-order chi connectivity index (χ0) is 12.8. The molecule has 0 radical (unpaired) electrons. The first-order valence-corrected chi connectivity index (χ1v) is 6.73. The van der Waals surface area contributed by atoms with Gasteiger partial charge >= 0.3 is 0 Å². The summed E-state index contributed by atoms with van der Waals surface area (Å²) in [6, 6.07) is 5.54. The number of carbonyl (C=O) groups is 1. The van der Waals surface area contributed by atoms with Crippen molar-refractivity contribution in [3.05, 3.63) is 28.2 Å². The number of Topliss-reactive ketones (excluding diaryl/α,β-unsaturated/α-hetero) is 1. The average molecular weight is 299 g/mol. The number of halogens is 1. The minimum absolute atomic E-state index is 0.0326. The number of benzene rings is 1. The van der Waals surface area contributed by atoms with Gasteiger partial charge in [-0.25, -0.2) is 0 Å². The molecule has 0 aliphatic carbocycles. The number of ketones is 1. The lowest BCUT2D eigenvalue weighted by Gasteiger charge is -2.11. The zero-order valence-corrected chi connectivity index (χ0v) is 12.2. The third-order valence-electron chi connectivity index (χ3n) is 2.50. The first-order chi connectivity index (χ1) is 8.00. The summed E-state index contributed by atoms with van der Waals surface area (Å²) in [5.74, 6) is 1.41. The number of rotatable bonds is 6. The molecule has 0 unspecified atom stereocenters. The van der Waals surface area contributed by atoms with Gasteiger partial charge in [-0.1, -0.05) is 29.8 Å². The summed E-state index contributed by atoms with van der Waals surface area (Å²) < 4.78 is 6.56. The second-order valence-corrected chi connectivity index (χ2v) is 5.50. The molecule has 0 atom stereocenters. The molecule has 0 bridgehead atoms. The Balaban J connectivity index is 2.61. The molecule has 0 saturated heterocycles. The van der Waals surface area contributed by atoms with Crippen LogP contribution in [0, 0.1) is 5.92 Å². The van der Waals surface area contributed by atoms with Crippen molar-refractivity contribution in [1.82, 2.24) is 0 Å². The normalized spacial score (nSPS) is 10.6. The number of hydrogen-bond acceptors (Lipinski definition) is 2. The Kier molecular flexibility index (Phi) is 5.69. The largest absolute Gasteiger partial charge is 0.493 e. The van der Waals surface area contributed by atoms with E-state index >= 15 is 0 Å². The van der Waals surface area contributed by atoms with Crippen molar-refractivity contribution in [1.29, 1.82) is 0 Å². The van der Waals surface area contributed by atoms with E-state index in [1.807, 2.05) is 12.1 Å². The van der Waals surface area contributed by atoms with Gasteiger partial charge in [-0.3, -0.25) is 4.79 Å². The highest BCUT2D eigenvalue weighted by Crippen LogP contribution is 2.24. The van der Waals surface area contributed by atoms with Crippen LogP contribution in [-0.4, -0.2) is 12.4 Å². The molecule has 17 heavy (non-hydrogen) atoms. The number of hydrogen-bond donors (Lipinski definition) is 0. The lowest BCUT2D eigenvalue weighted by Crippen LogP contribution is -2.04. The fourth-order valence-corrected chi connectivity index (χ4v) is 1.94. The van der Waals surface area contributed by atoms with Crippen molar-refractivity contribution < 1.29 is 9.53 Å². The summed E-state index contributed by atoms with van der Waals surface area (Å²) in [6.07, 6.45) is 2.16. The highest BCUT2D eigenvalue weighted by Gasteiger charge is 2.09. The van der Waals surface area contributed by atoms with Gasteiger partial charge in [0.1, 0.15) is 5.75 Å². The smallest absolute Gasteiger partial charge is 0.163 e. The van der Waals surface area contributed by atoms with Crippen LogP contribution < -0.4 is 4.74 Å². The molecule has 0 aromatic heterocycles. The molecule has 0 amide bonds. The zero-order valence-electron chi connectivity index (χ0n) is 10.6. The SMILES string of the molecule is CC(=O)c1cc(Br)ccc1OCCCC(C)C. The highest BCUT2D eigenvalue weighted by molar-refractivity contribution is 9.10. The molecule has 0 saturated carbocycles. The van der Waals surface area contributed by atoms with Gasteiger partial charge in [0.05, 0.1) is 12.2 Å². The van der Waals surface area contributed by atoms with Gasteiger partial charge in [0.2, 0.25) is 0 Å². The van der Waals surface area contributed by atoms with Gasteiger partial charge in [-0.2, -0.15) is 0 Å². The standard InChI is InChI=1S/C14H19BrO2/c1-10(2)5-4-8-17-14-7-6-12(15)9-13(14)11(3)16/h6-7,9-10H,4-5,8H2,1-3H3. The summed E-state index contributed by atoms with van der Waals surface area (Å²) in [6.45, 7) is 6.62. The van der Waals surface area contributed by atoms with Crippen LogP contribution in [0.1, 0.15) is 44.0 Å². The predicted octanol–water partition coefficient (Wildman–Crippen LogP) is 4.47. The van der Waals surface area contributed by atoms with Crippen LogP contribution in [0.25, 0.3) is 0 Å². The van der Waals surface area contributed by atoms with Crippen molar-refractivity contribution in [3.8, 4) is 5.75 Å². The quantitative estimate of drug-likeness (QED) is 0.572. The molecule has 0 heterocycles. The lowest BCUT2D eigenvalue weighted by molar-refractivity contribution is 0.101. The Hall–Kier alpha value is -0.830. The van der Waals surface area contributed by atoms with E-state index in [4.69, 9.17) is 4.74 Å². The minimum atomic E-state index is 0.0326. The molecule has 1 aromatic carbocycles. The number of ether oxygens (including phenoxy) is 1. The Morgan fingerprint density at radius 1 is 1.41 bits per heavy atom. The summed E-state index contributed by atoms with van der Waals surface area (Å²) in [5, 5.41) is 0. The van der Waals surface area contributed by atoms with E-state index in [9.17, 15) is 4.79 Å². The molecule has 1 aromatic rings. The fraction of sp³-hybridized carbons (Fsp3) is 0.500. The van der Waals surface area contributed by atoms with E-state index in [0.29, 0.717) is 23.8 Å². The van der Waals surface area contributed by atoms with Crippen molar-refractivity contribution in [2.45, 2.75) is 33.6 Å². The molecule has 3 heteroatoms. The third-order valence-corrected chi connectivity index (χ3v) is 3.00. The molecule has 94 valence electrons. The van der Waals surface area contributed by atoms with Crippen molar-refractivity contribution in [3.63, 3.8) is 0 Å². The molecular formula is C14H19BrO2. The first kappa shape index (κ1) is 14.2. The van der Waals surface area contributed by atoms with Gasteiger partial charge in [0.15, 0.2) is 5.78 Å². The van der Waals surface area contributed by atoms with Crippen LogP contribution >= 0.6 is 15.9 Å². The van der Waals surface area contributed by atoms with Gasteiger partial charge in [-0.05, 0) is 43.9 Å². The Morgan fingerprint density at radius 2 is 2.12 bits per heavy atom. The third kappa shape index (κ3) is 4.90. The summed E-state index contributed by atoms with van der Waals surface area (Å²) in [7, 11) is 0. The predicted molar refractivity (Wildman–Crippen MR) is 73.7 cm³/mol. The maximum atomic E-state index is 11.5. The van der Waals surface area contributed by atoms with E-state index in [0.717, 1.165) is 17.3 Å². The van der Waals surface area contributed by atoms with E-state index < -0.39 is 0 Å². The Bertz CT molecular complexity index is 386. The minimum Gasteiger partial charge on any atom is -0.493 e. The van der Waals surface area contributed by atoms with E-state index in [-0.39, 0.29) is 5.78 Å². The first-order valence-electron chi connectivity index (χ1n) is 5.94. The van der Waals surface area contributed by atoms with Crippen LogP contribution in [0.4, 0.5) is 0 Å². The highest BCUT2D eigenvalue weighted by atomic mass is 79.9. The molecule has 0 fully saturated rings. The Labute approximate surface area is 111 Å². The Morgan fingerprint density at radius 3 is 2.71 bits per heavy atom. The second-order valence-electron chi connectivity index (χ2n) is 4.58. The van der Waals surface area contributed by atoms with E-state index in [1.54, 1.807) is 13.0 Å². The van der Waals surface area contributed by atoms with Gasteiger partial charge in [0, 0.05) is 4.47 Å². The van der Waals surface area contributed by atoms with E-state index in [1.165, 1.54) is 0 Å². The van der Waals surface area contributed by atoms with Crippen LogP contribution in [0.3, 0.4) is 0 Å². The lowest BCUT2D eigenvalue weighted by atomic mass is 10.1. The molecular weight excluding hydrogens is 280 g/mol. The molecule has 0 N–H and O–H groups in total. The summed E-state index contributed by atoms with van der Waals surface area (Å²) in [5.41, 5.74) is 0.643. The molecule has 0 spiro atoms. The second kappa shape index (κ2) is 6.80. The number of carbonyl (C=O) groups excluding carboxylic acids is 1. The van der Waals surface area contributed by atoms with Crippen LogP contribution in [0.15, 0.2) is 22.7 Å². The van der Waals surface area contributed by atoms with Crippen molar-refractivity contribution >= 4 is 21.7 Å². The molecule has 1 rings (SSSR count). The maximum Gasteiger partial charge on any atom is 0.163 e. The van der Waals surface area contributed by atoms with Gasteiger partial charge in [0.25, 0.3) is 0 Å². The maximum absolute atomic E-state index is 11.5. The van der Waals surface area contributed by atoms with Crippen LogP contribution in [0.5, 0.6) is 5.75 Å². The van der Waals surface area contributed by atoms with Crippen molar-refractivity contribution in [2.24, 2.45) is 5.92 Å². The van der Waals surface area contributed by atoms with Crippen LogP contribution in [-0.2, 0) is 0 Å². The van der Waals surface area contributed by atoms with Crippen LogP contribution in [0.2, 0.25) is 0 Å². The summed E-state index contributed by atoms with van der Waals surface area (Å²) >= 11 is 3.36. The molecule has 0 aliphatic rings.